The molecule has 0 spiro atoms. The van der Waals surface area contributed by atoms with Crippen LogP contribution in [0.2, 0.25) is 0 Å². The zero-order chi connectivity index (χ0) is 11.2. The van der Waals surface area contributed by atoms with Gasteiger partial charge in [-0.05, 0) is 25.7 Å². The smallest absolute Gasteiger partial charge is 0.329 e. The van der Waals surface area contributed by atoms with Gasteiger partial charge in [0.05, 0.1) is 0 Å². The summed E-state index contributed by atoms with van der Waals surface area (Å²) in [7, 11) is 0. The summed E-state index contributed by atoms with van der Waals surface area (Å²) in [6.07, 6.45) is -4.79. The number of rotatable bonds is 0. The second-order valence-corrected chi connectivity index (χ2v) is 4.16. The summed E-state index contributed by atoms with van der Waals surface area (Å²) in [4.78, 5) is 11.9. The zero-order valence-corrected chi connectivity index (χ0v) is 7.93. The van der Waals surface area contributed by atoms with E-state index < -0.39 is 30.3 Å². The summed E-state index contributed by atoms with van der Waals surface area (Å²) in [5, 5.41) is 0. The third-order valence-electron chi connectivity index (χ3n) is 3.15. The van der Waals surface area contributed by atoms with E-state index in [1.54, 1.807) is 0 Å². The number of piperidine rings is 1. The summed E-state index contributed by atoms with van der Waals surface area (Å²) in [5.41, 5.74) is 0. The molecule has 1 amide bonds. The molecule has 0 radical (unpaired) electrons. The largest absolute Gasteiger partial charge is 0.471 e. The van der Waals surface area contributed by atoms with Crippen molar-refractivity contribution in [1.82, 2.24) is 4.90 Å². The molecule has 86 valence electrons. The van der Waals surface area contributed by atoms with Crippen LogP contribution < -0.4 is 0 Å². The molecule has 0 aliphatic carbocycles. The molecule has 2 aliphatic rings. The van der Waals surface area contributed by atoms with Crippen molar-refractivity contribution in [3.05, 3.63) is 0 Å². The Morgan fingerprint density at radius 3 is 2.00 bits per heavy atom. The Balaban J connectivity index is 2.15. The van der Waals surface area contributed by atoms with E-state index in [4.69, 9.17) is 0 Å². The maximum atomic E-state index is 13.0. The average Bonchev–Trinajstić information content (AvgIpc) is 2.35. The molecule has 15 heavy (non-hydrogen) atoms. The SMILES string of the molecule is O=C(N1C2CCC1CC(F)C2)C(F)(F)F. The normalized spacial score (nSPS) is 35.7. The summed E-state index contributed by atoms with van der Waals surface area (Å²) in [6.45, 7) is 0. The van der Waals surface area contributed by atoms with Crippen LogP contribution in [-0.2, 0) is 4.79 Å². The number of nitrogens with zero attached hydrogens (tertiary/aromatic N) is 1. The lowest BCUT2D eigenvalue weighted by Gasteiger charge is -2.36. The van der Waals surface area contributed by atoms with E-state index in [0.29, 0.717) is 12.8 Å². The first-order valence-electron chi connectivity index (χ1n) is 4.93. The maximum absolute atomic E-state index is 13.0. The summed E-state index contributed by atoms with van der Waals surface area (Å²) >= 11 is 0. The molecule has 0 aromatic rings. The van der Waals surface area contributed by atoms with Gasteiger partial charge in [0.15, 0.2) is 0 Å². The molecule has 0 N–H and O–H groups in total. The molecular weight excluding hydrogens is 214 g/mol. The van der Waals surface area contributed by atoms with Crippen LogP contribution in [0.5, 0.6) is 0 Å². The Hall–Kier alpha value is -0.810. The minimum Gasteiger partial charge on any atom is -0.329 e. The van der Waals surface area contributed by atoms with Crippen LogP contribution in [0, 0.1) is 0 Å². The standard InChI is InChI=1S/C9H11F4NO/c10-5-3-6-1-2-7(4-5)14(6)8(15)9(11,12)13/h5-7H,1-4H2. The molecule has 0 aromatic carbocycles. The predicted molar refractivity (Wildman–Crippen MR) is 43.8 cm³/mol. The van der Waals surface area contributed by atoms with Crippen LogP contribution in [0.15, 0.2) is 0 Å². The second kappa shape index (κ2) is 3.35. The molecule has 0 saturated carbocycles. The maximum Gasteiger partial charge on any atom is 0.471 e. The molecule has 2 aliphatic heterocycles. The van der Waals surface area contributed by atoms with Gasteiger partial charge in [0.25, 0.3) is 0 Å². The average molecular weight is 225 g/mol. The molecular formula is C9H11F4NO. The van der Waals surface area contributed by atoms with Gasteiger partial charge in [-0.15, -0.1) is 0 Å². The number of fused-ring (bicyclic) bond motifs is 2. The molecule has 2 fully saturated rings. The number of amides is 1. The first kappa shape index (κ1) is 10.7. The molecule has 2 heterocycles. The molecule has 2 rings (SSSR count). The first-order valence-corrected chi connectivity index (χ1v) is 4.93. The lowest BCUT2D eigenvalue weighted by Crippen LogP contribution is -2.51. The van der Waals surface area contributed by atoms with Crippen molar-refractivity contribution in [2.24, 2.45) is 0 Å². The van der Waals surface area contributed by atoms with E-state index in [1.165, 1.54) is 0 Å². The lowest BCUT2D eigenvalue weighted by molar-refractivity contribution is -0.190. The number of hydrogen-bond donors (Lipinski definition) is 0. The van der Waals surface area contributed by atoms with Crippen LogP contribution >= 0.6 is 0 Å². The highest BCUT2D eigenvalue weighted by Crippen LogP contribution is 2.39. The highest BCUT2D eigenvalue weighted by atomic mass is 19.4. The van der Waals surface area contributed by atoms with Crippen molar-refractivity contribution in [2.45, 2.75) is 50.1 Å². The fraction of sp³-hybridized carbons (Fsp3) is 0.889. The highest BCUT2D eigenvalue weighted by molar-refractivity contribution is 5.82. The predicted octanol–water partition coefficient (Wildman–Crippen LogP) is 2.04. The first-order chi connectivity index (χ1) is 6.89. The molecule has 2 atom stereocenters. The Morgan fingerprint density at radius 2 is 1.60 bits per heavy atom. The van der Waals surface area contributed by atoms with E-state index >= 15 is 0 Å². The summed E-state index contributed by atoms with van der Waals surface area (Å²) in [5.74, 6) is -1.80. The van der Waals surface area contributed by atoms with E-state index in [2.05, 4.69) is 0 Å². The van der Waals surface area contributed by atoms with Gasteiger partial charge < -0.3 is 4.90 Å². The zero-order valence-electron chi connectivity index (χ0n) is 7.93. The fourth-order valence-corrected chi connectivity index (χ4v) is 2.59. The van der Waals surface area contributed by atoms with Crippen LogP contribution in [0.25, 0.3) is 0 Å². The van der Waals surface area contributed by atoms with Crippen molar-refractivity contribution in [3.8, 4) is 0 Å². The monoisotopic (exact) mass is 225 g/mol. The Morgan fingerprint density at radius 1 is 1.13 bits per heavy atom. The van der Waals surface area contributed by atoms with Crippen LogP contribution in [0.4, 0.5) is 17.6 Å². The van der Waals surface area contributed by atoms with Gasteiger partial charge in [-0.2, -0.15) is 13.2 Å². The summed E-state index contributed by atoms with van der Waals surface area (Å²) in [6, 6.07) is -1.10. The van der Waals surface area contributed by atoms with Gasteiger partial charge in [-0.25, -0.2) is 4.39 Å². The van der Waals surface area contributed by atoms with E-state index in [-0.39, 0.29) is 12.8 Å². The third-order valence-corrected chi connectivity index (χ3v) is 3.15. The van der Waals surface area contributed by atoms with Crippen LogP contribution in [0.1, 0.15) is 25.7 Å². The molecule has 2 unspecified atom stereocenters. The van der Waals surface area contributed by atoms with Gasteiger partial charge in [-0.1, -0.05) is 0 Å². The Labute approximate surface area is 84.2 Å². The topological polar surface area (TPSA) is 20.3 Å². The molecule has 2 saturated heterocycles. The van der Waals surface area contributed by atoms with Gasteiger partial charge in [0, 0.05) is 12.1 Å². The van der Waals surface area contributed by atoms with E-state index in [9.17, 15) is 22.4 Å². The fourth-order valence-electron chi connectivity index (χ4n) is 2.59. The number of hydrogen-bond acceptors (Lipinski definition) is 1. The van der Waals surface area contributed by atoms with Crippen LogP contribution in [-0.4, -0.2) is 35.2 Å². The lowest BCUT2D eigenvalue weighted by atomic mass is 10.0. The highest BCUT2D eigenvalue weighted by Gasteiger charge is 2.51. The number of carbonyl (C=O) groups is 1. The van der Waals surface area contributed by atoms with Crippen LogP contribution in [0.3, 0.4) is 0 Å². The van der Waals surface area contributed by atoms with E-state index in [1.807, 2.05) is 0 Å². The minimum atomic E-state index is -4.83. The Bertz CT molecular complexity index is 264. The Kier molecular flexibility index (Phi) is 2.39. The van der Waals surface area contributed by atoms with Gasteiger partial charge >= 0.3 is 12.1 Å². The minimum absolute atomic E-state index is 0.0539. The quantitative estimate of drug-likeness (QED) is 0.578. The van der Waals surface area contributed by atoms with Crippen molar-refractivity contribution < 1.29 is 22.4 Å². The number of carbonyl (C=O) groups excluding carboxylic acids is 1. The van der Waals surface area contributed by atoms with E-state index in [0.717, 1.165) is 4.90 Å². The van der Waals surface area contributed by atoms with Gasteiger partial charge in [0.1, 0.15) is 6.17 Å². The van der Waals surface area contributed by atoms with Crippen molar-refractivity contribution in [1.29, 1.82) is 0 Å². The third kappa shape index (κ3) is 1.81. The molecule has 2 bridgehead atoms. The molecule has 0 aromatic heterocycles. The molecule has 6 heteroatoms. The number of alkyl halides is 4. The second-order valence-electron chi connectivity index (χ2n) is 4.16. The molecule has 2 nitrogen and oxygen atoms in total. The van der Waals surface area contributed by atoms with Crippen molar-refractivity contribution in [2.75, 3.05) is 0 Å². The van der Waals surface area contributed by atoms with Crippen molar-refractivity contribution in [3.63, 3.8) is 0 Å². The summed E-state index contributed by atoms with van der Waals surface area (Å²) < 4.78 is 49.7. The van der Waals surface area contributed by atoms with Crippen molar-refractivity contribution >= 4 is 5.91 Å². The number of halogens is 4. The van der Waals surface area contributed by atoms with Gasteiger partial charge in [0.2, 0.25) is 0 Å². The van der Waals surface area contributed by atoms with Gasteiger partial charge in [-0.3, -0.25) is 4.79 Å².